The molecule has 0 fully saturated rings. The number of aromatic nitrogens is 3. The molecule has 0 unspecified atom stereocenters. The maximum Gasteiger partial charge on any atom is 0.323 e. The Morgan fingerprint density at radius 3 is 2.82 bits per heavy atom. The lowest BCUT2D eigenvalue weighted by Gasteiger charge is -2.04. The van der Waals surface area contributed by atoms with E-state index in [1.165, 1.54) is 13.3 Å². The summed E-state index contributed by atoms with van der Waals surface area (Å²) in [5, 5.41) is 13.0. The molecule has 0 atom stereocenters. The number of rotatable bonds is 3. The van der Waals surface area contributed by atoms with Gasteiger partial charge in [0.05, 0.1) is 10.9 Å². The highest BCUT2D eigenvalue weighted by atomic mass is 16.4. The summed E-state index contributed by atoms with van der Waals surface area (Å²) in [7, 11) is 0. The topological polar surface area (TPSA) is 123 Å². The van der Waals surface area contributed by atoms with E-state index in [2.05, 4.69) is 15.3 Å². The van der Waals surface area contributed by atoms with Crippen LogP contribution in [0.2, 0.25) is 0 Å². The highest BCUT2D eigenvalue weighted by molar-refractivity contribution is 6.13. The fourth-order valence-corrected chi connectivity index (χ4v) is 2.51. The van der Waals surface area contributed by atoms with E-state index in [0.717, 1.165) is 0 Å². The van der Waals surface area contributed by atoms with Gasteiger partial charge in [-0.05, 0) is 18.2 Å². The Morgan fingerprint density at radius 1 is 1.36 bits per heavy atom. The van der Waals surface area contributed by atoms with Gasteiger partial charge >= 0.3 is 5.97 Å². The van der Waals surface area contributed by atoms with Crippen LogP contribution in [0.3, 0.4) is 0 Å². The van der Waals surface area contributed by atoms with Crippen LogP contribution in [0.4, 0.5) is 11.5 Å². The second kappa shape index (κ2) is 4.99. The van der Waals surface area contributed by atoms with Gasteiger partial charge in [0.15, 0.2) is 0 Å². The van der Waals surface area contributed by atoms with E-state index in [1.54, 1.807) is 22.8 Å². The zero-order valence-electron chi connectivity index (χ0n) is 11.7. The number of anilines is 2. The molecule has 3 rings (SSSR count). The third kappa shape index (κ3) is 2.20. The summed E-state index contributed by atoms with van der Waals surface area (Å²) < 4.78 is 1.56. The molecule has 2 aromatic heterocycles. The van der Waals surface area contributed by atoms with Crippen LogP contribution in [-0.2, 0) is 16.1 Å². The van der Waals surface area contributed by atoms with Crippen molar-refractivity contribution in [2.75, 3.05) is 11.1 Å². The second-order valence-corrected chi connectivity index (χ2v) is 4.85. The van der Waals surface area contributed by atoms with E-state index in [9.17, 15) is 9.59 Å². The second-order valence-electron chi connectivity index (χ2n) is 4.85. The van der Waals surface area contributed by atoms with Crippen LogP contribution < -0.4 is 11.1 Å². The molecule has 3 aromatic rings. The number of benzene rings is 1. The third-order valence-corrected chi connectivity index (χ3v) is 3.28. The minimum Gasteiger partial charge on any atom is -0.480 e. The summed E-state index contributed by atoms with van der Waals surface area (Å²) in [4.78, 5) is 30.4. The molecule has 22 heavy (non-hydrogen) atoms. The molecule has 0 saturated carbocycles. The molecule has 0 aliphatic rings. The predicted octanol–water partition coefficient (Wildman–Crippen LogP) is 1.21. The molecule has 2 heterocycles. The maximum absolute atomic E-state index is 11.2. The fourth-order valence-electron chi connectivity index (χ4n) is 2.51. The summed E-state index contributed by atoms with van der Waals surface area (Å²) in [5.74, 6) is -0.918. The van der Waals surface area contributed by atoms with Crippen LogP contribution in [0.25, 0.3) is 21.9 Å². The van der Waals surface area contributed by atoms with Crippen molar-refractivity contribution in [2.45, 2.75) is 13.5 Å². The molecule has 112 valence electrons. The summed E-state index contributed by atoms with van der Waals surface area (Å²) in [5.41, 5.74) is 7.63. The first kappa shape index (κ1) is 13.8. The van der Waals surface area contributed by atoms with Crippen LogP contribution in [0.5, 0.6) is 0 Å². The third-order valence-electron chi connectivity index (χ3n) is 3.28. The van der Waals surface area contributed by atoms with Crippen LogP contribution in [0.15, 0.2) is 24.5 Å². The van der Waals surface area contributed by atoms with Crippen molar-refractivity contribution in [2.24, 2.45) is 0 Å². The summed E-state index contributed by atoms with van der Waals surface area (Å²) in [6, 6.07) is 5.16. The minimum atomic E-state index is -0.984. The molecule has 0 spiro atoms. The van der Waals surface area contributed by atoms with Crippen LogP contribution in [0.1, 0.15) is 6.92 Å². The first-order chi connectivity index (χ1) is 10.5. The molecule has 8 nitrogen and oxygen atoms in total. The number of nitrogens with one attached hydrogen (secondary N) is 1. The molecule has 0 aliphatic carbocycles. The minimum absolute atomic E-state index is 0.196. The standard InChI is InChI=1S/C14H13N5O3/c1-7(20)18-8-2-3-10-9(4-8)12-13(15)16-6-17-14(12)19(10)5-11(21)22/h2-4,6H,5H2,1H3,(H,18,20)(H,21,22)(H2,15,16,17). The SMILES string of the molecule is CC(=O)Nc1ccc2c(c1)c1c(N)ncnc1n2CC(=O)O. The maximum atomic E-state index is 11.2. The quantitative estimate of drug-likeness (QED) is 0.668. The Kier molecular flexibility index (Phi) is 3.13. The average Bonchev–Trinajstić information content (AvgIpc) is 2.73. The molecule has 1 amide bonds. The van der Waals surface area contributed by atoms with Gasteiger partial charge in [-0.3, -0.25) is 9.59 Å². The molecular formula is C14H13N5O3. The molecular weight excluding hydrogens is 286 g/mol. The van der Waals surface area contributed by atoms with Gasteiger partial charge in [-0.25, -0.2) is 9.97 Å². The molecule has 8 heteroatoms. The molecule has 0 radical (unpaired) electrons. The van der Waals surface area contributed by atoms with Crippen molar-refractivity contribution >= 4 is 45.3 Å². The highest BCUT2D eigenvalue weighted by Crippen LogP contribution is 2.32. The first-order valence-electron chi connectivity index (χ1n) is 6.49. The number of nitrogen functional groups attached to an aromatic ring is 1. The van der Waals surface area contributed by atoms with Crippen LogP contribution >= 0.6 is 0 Å². The Labute approximate surface area is 124 Å². The zero-order chi connectivity index (χ0) is 15.9. The molecule has 4 N–H and O–H groups in total. The average molecular weight is 299 g/mol. The van der Waals surface area contributed by atoms with Crippen molar-refractivity contribution in [1.29, 1.82) is 0 Å². The van der Waals surface area contributed by atoms with Crippen LogP contribution in [-0.4, -0.2) is 31.5 Å². The Balaban J connectivity index is 2.35. The van der Waals surface area contributed by atoms with Gasteiger partial charge in [0.1, 0.15) is 24.3 Å². The van der Waals surface area contributed by atoms with E-state index in [-0.39, 0.29) is 18.3 Å². The lowest BCUT2D eigenvalue weighted by molar-refractivity contribution is -0.137. The van der Waals surface area contributed by atoms with Crippen molar-refractivity contribution in [3.63, 3.8) is 0 Å². The van der Waals surface area contributed by atoms with Gasteiger partial charge in [-0.1, -0.05) is 0 Å². The number of hydrogen-bond donors (Lipinski definition) is 3. The Bertz CT molecular complexity index is 916. The first-order valence-corrected chi connectivity index (χ1v) is 6.49. The van der Waals surface area contributed by atoms with E-state index in [1.807, 2.05) is 0 Å². The summed E-state index contributed by atoms with van der Waals surface area (Å²) in [6.07, 6.45) is 1.30. The number of carbonyl (C=O) groups excluding carboxylic acids is 1. The Hall–Kier alpha value is -3.16. The number of hydrogen-bond acceptors (Lipinski definition) is 5. The van der Waals surface area contributed by atoms with Gasteiger partial charge in [-0.15, -0.1) is 0 Å². The highest BCUT2D eigenvalue weighted by Gasteiger charge is 2.17. The van der Waals surface area contributed by atoms with Gasteiger partial charge in [0, 0.05) is 18.0 Å². The normalized spacial score (nSPS) is 11.0. The number of fused-ring (bicyclic) bond motifs is 3. The number of carbonyl (C=O) groups is 2. The Morgan fingerprint density at radius 2 is 2.14 bits per heavy atom. The van der Waals surface area contributed by atoms with E-state index in [4.69, 9.17) is 10.8 Å². The lowest BCUT2D eigenvalue weighted by Crippen LogP contribution is -2.09. The smallest absolute Gasteiger partial charge is 0.323 e. The number of carboxylic acid groups (broad SMARTS) is 1. The van der Waals surface area contributed by atoms with E-state index < -0.39 is 5.97 Å². The van der Waals surface area contributed by atoms with Gasteiger partial charge in [-0.2, -0.15) is 0 Å². The number of amides is 1. The predicted molar refractivity (Wildman–Crippen MR) is 81.4 cm³/mol. The summed E-state index contributed by atoms with van der Waals surface area (Å²) >= 11 is 0. The number of aliphatic carboxylic acids is 1. The summed E-state index contributed by atoms with van der Waals surface area (Å²) in [6.45, 7) is 1.17. The molecule has 0 bridgehead atoms. The van der Waals surface area contributed by atoms with E-state index >= 15 is 0 Å². The van der Waals surface area contributed by atoms with Crippen molar-refractivity contribution in [3.8, 4) is 0 Å². The van der Waals surface area contributed by atoms with E-state index in [0.29, 0.717) is 27.6 Å². The van der Waals surface area contributed by atoms with Crippen molar-refractivity contribution in [3.05, 3.63) is 24.5 Å². The van der Waals surface area contributed by atoms with Crippen molar-refractivity contribution in [1.82, 2.24) is 14.5 Å². The molecule has 1 aromatic carbocycles. The van der Waals surface area contributed by atoms with Gasteiger partial charge in [0.2, 0.25) is 5.91 Å². The molecule has 0 saturated heterocycles. The monoisotopic (exact) mass is 299 g/mol. The van der Waals surface area contributed by atoms with Crippen LogP contribution in [0, 0.1) is 0 Å². The number of nitrogens with zero attached hydrogens (tertiary/aromatic N) is 3. The molecule has 0 aliphatic heterocycles. The number of nitrogens with two attached hydrogens (primary N) is 1. The fraction of sp³-hybridized carbons (Fsp3) is 0.143. The largest absolute Gasteiger partial charge is 0.480 e. The van der Waals surface area contributed by atoms with Gasteiger partial charge in [0.25, 0.3) is 0 Å². The lowest BCUT2D eigenvalue weighted by atomic mass is 10.2. The zero-order valence-corrected chi connectivity index (χ0v) is 11.7. The van der Waals surface area contributed by atoms with Gasteiger partial charge < -0.3 is 20.7 Å². The van der Waals surface area contributed by atoms with Crippen molar-refractivity contribution < 1.29 is 14.7 Å². The number of carboxylic acids is 1.